The molecule has 0 spiro atoms. The second kappa shape index (κ2) is 6.41. The quantitative estimate of drug-likeness (QED) is 0.583. The van der Waals surface area contributed by atoms with Gasteiger partial charge in [0.1, 0.15) is 5.82 Å². The third-order valence-electron chi connectivity index (χ3n) is 2.62. The molecule has 0 radical (unpaired) electrons. The van der Waals surface area contributed by atoms with Crippen LogP contribution in [0.5, 0.6) is 11.5 Å². The summed E-state index contributed by atoms with van der Waals surface area (Å²) in [6.45, 7) is 0. The molecular formula is C15H11BrFNO3. The Bertz CT molecular complexity index is 716. The summed E-state index contributed by atoms with van der Waals surface area (Å²) < 4.78 is 13.4. The summed E-state index contributed by atoms with van der Waals surface area (Å²) in [5, 5.41) is 21.1. The van der Waals surface area contributed by atoms with Crippen molar-refractivity contribution in [3.63, 3.8) is 0 Å². The van der Waals surface area contributed by atoms with Gasteiger partial charge in [-0.3, -0.25) is 4.79 Å². The van der Waals surface area contributed by atoms with Gasteiger partial charge in [-0.25, -0.2) is 4.39 Å². The van der Waals surface area contributed by atoms with E-state index >= 15 is 0 Å². The number of carbonyl (C=O) groups is 1. The molecule has 0 saturated carbocycles. The molecule has 1 amide bonds. The number of hydrogen-bond acceptors (Lipinski definition) is 3. The standard InChI is InChI=1S/C15H11BrFNO3/c16-11-8-10(17)3-4-12(11)18-15(21)6-2-9-1-5-13(19)14(20)7-9/h1-8,19-20H,(H,18,21)/b6-2+. The highest BCUT2D eigenvalue weighted by Crippen LogP contribution is 2.25. The van der Waals surface area contributed by atoms with Crippen LogP contribution < -0.4 is 5.32 Å². The molecule has 0 saturated heterocycles. The minimum Gasteiger partial charge on any atom is -0.504 e. The van der Waals surface area contributed by atoms with Crippen LogP contribution in [0.25, 0.3) is 6.08 Å². The van der Waals surface area contributed by atoms with Gasteiger partial charge in [0.2, 0.25) is 5.91 Å². The predicted octanol–water partition coefficient (Wildman–Crippen LogP) is 3.65. The fraction of sp³-hybridized carbons (Fsp3) is 0. The molecule has 0 aromatic heterocycles. The number of anilines is 1. The maximum absolute atomic E-state index is 12.9. The number of carbonyl (C=O) groups excluding carboxylic acids is 1. The lowest BCUT2D eigenvalue weighted by Crippen LogP contribution is -2.08. The number of aromatic hydroxyl groups is 2. The Kier molecular flexibility index (Phi) is 4.59. The third-order valence-corrected chi connectivity index (χ3v) is 3.27. The van der Waals surface area contributed by atoms with E-state index in [4.69, 9.17) is 0 Å². The Morgan fingerprint density at radius 2 is 1.90 bits per heavy atom. The van der Waals surface area contributed by atoms with Crippen molar-refractivity contribution in [3.05, 3.63) is 58.3 Å². The van der Waals surface area contributed by atoms with Crippen LogP contribution in [0.4, 0.5) is 10.1 Å². The molecule has 6 heteroatoms. The molecule has 0 aliphatic rings. The summed E-state index contributed by atoms with van der Waals surface area (Å²) in [7, 11) is 0. The number of amides is 1. The first-order chi connectivity index (χ1) is 9.95. The van der Waals surface area contributed by atoms with E-state index in [1.807, 2.05) is 0 Å². The maximum atomic E-state index is 12.9. The predicted molar refractivity (Wildman–Crippen MR) is 81.5 cm³/mol. The molecule has 21 heavy (non-hydrogen) atoms. The molecule has 2 aromatic rings. The molecule has 108 valence electrons. The molecule has 0 fully saturated rings. The first-order valence-corrected chi connectivity index (χ1v) is 6.71. The van der Waals surface area contributed by atoms with Crippen molar-refractivity contribution in [1.82, 2.24) is 0 Å². The highest BCUT2D eigenvalue weighted by atomic mass is 79.9. The van der Waals surface area contributed by atoms with Crippen molar-refractivity contribution in [2.45, 2.75) is 0 Å². The van der Waals surface area contributed by atoms with E-state index in [1.165, 1.54) is 42.5 Å². The number of hydrogen-bond donors (Lipinski definition) is 3. The number of benzene rings is 2. The Balaban J connectivity index is 2.07. The highest BCUT2D eigenvalue weighted by Gasteiger charge is 2.04. The lowest BCUT2D eigenvalue weighted by atomic mass is 10.2. The molecule has 2 rings (SSSR count). The largest absolute Gasteiger partial charge is 0.504 e. The first kappa shape index (κ1) is 15.1. The molecule has 0 aliphatic carbocycles. The fourth-order valence-electron chi connectivity index (χ4n) is 1.58. The number of phenols is 2. The maximum Gasteiger partial charge on any atom is 0.248 e. The van der Waals surface area contributed by atoms with E-state index in [0.29, 0.717) is 15.7 Å². The van der Waals surface area contributed by atoms with Crippen LogP contribution in [0.1, 0.15) is 5.56 Å². The van der Waals surface area contributed by atoms with Gasteiger partial charge in [0, 0.05) is 10.5 Å². The van der Waals surface area contributed by atoms with E-state index in [0.717, 1.165) is 0 Å². The van der Waals surface area contributed by atoms with Crippen molar-refractivity contribution in [2.75, 3.05) is 5.32 Å². The molecule has 0 unspecified atom stereocenters. The third kappa shape index (κ3) is 4.06. The van der Waals surface area contributed by atoms with Gasteiger partial charge >= 0.3 is 0 Å². The Labute approximate surface area is 128 Å². The van der Waals surface area contributed by atoms with Crippen LogP contribution in [0.15, 0.2) is 46.9 Å². The summed E-state index contributed by atoms with van der Waals surface area (Å²) in [6, 6.07) is 8.13. The number of halogens is 2. The topological polar surface area (TPSA) is 69.6 Å². The Morgan fingerprint density at radius 3 is 2.57 bits per heavy atom. The average Bonchev–Trinajstić information content (AvgIpc) is 2.43. The van der Waals surface area contributed by atoms with E-state index in [9.17, 15) is 19.4 Å². The summed E-state index contributed by atoms with van der Waals surface area (Å²) in [5.41, 5.74) is 0.998. The fourth-order valence-corrected chi connectivity index (χ4v) is 2.03. The second-order valence-electron chi connectivity index (χ2n) is 4.19. The summed E-state index contributed by atoms with van der Waals surface area (Å²) in [4.78, 5) is 11.8. The van der Waals surface area contributed by atoms with Gasteiger partial charge in [0.25, 0.3) is 0 Å². The minimum atomic E-state index is -0.408. The van der Waals surface area contributed by atoms with Crippen LogP contribution in [0.2, 0.25) is 0 Å². The van der Waals surface area contributed by atoms with Crippen LogP contribution in [-0.2, 0) is 4.79 Å². The van der Waals surface area contributed by atoms with Crippen molar-refractivity contribution < 1.29 is 19.4 Å². The van der Waals surface area contributed by atoms with E-state index < -0.39 is 11.7 Å². The number of nitrogens with one attached hydrogen (secondary N) is 1. The molecule has 2 aromatic carbocycles. The van der Waals surface area contributed by atoms with Crippen molar-refractivity contribution >= 4 is 33.6 Å². The second-order valence-corrected chi connectivity index (χ2v) is 5.05. The zero-order valence-electron chi connectivity index (χ0n) is 10.7. The molecule has 4 nitrogen and oxygen atoms in total. The summed E-state index contributed by atoms with van der Waals surface area (Å²) in [6.07, 6.45) is 2.74. The smallest absolute Gasteiger partial charge is 0.248 e. The normalized spacial score (nSPS) is 10.8. The van der Waals surface area contributed by atoms with Gasteiger partial charge in [0.15, 0.2) is 11.5 Å². The first-order valence-electron chi connectivity index (χ1n) is 5.92. The molecular weight excluding hydrogens is 341 g/mol. The van der Waals surface area contributed by atoms with Gasteiger partial charge < -0.3 is 15.5 Å². The summed E-state index contributed by atoms with van der Waals surface area (Å²) >= 11 is 3.15. The molecule has 3 N–H and O–H groups in total. The van der Waals surface area contributed by atoms with Crippen molar-refractivity contribution in [3.8, 4) is 11.5 Å². The lowest BCUT2D eigenvalue weighted by Gasteiger charge is -2.05. The molecule has 0 bridgehead atoms. The Morgan fingerprint density at radius 1 is 1.14 bits per heavy atom. The van der Waals surface area contributed by atoms with Gasteiger partial charge in [0.05, 0.1) is 5.69 Å². The molecule has 0 atom stereocenters. The van der Waals surface area contributed by atoms with Crippen LogP contribution >= 0.6 is 15.9 Å². The van der Waals surface area contributed by atoms with E-state index in [-0.39, 0.29) is 11.5 Å². The van der Waals surface area contributed by atoms with Gasteiger partial charge in [-0.05, 0) is 57.9 Å². The lowest BCUT2D eigenvalue weighted by molar-refractivity contribution is -0.111. The highest BCUT2D eigenvalue weighted by molar-refractivity contribution is 9.10. The van der Waals surface area contributed by atoms with Gasteiger partial charge in [-0.2, -0.15) is 0 Å². The van der Waals surface area contributed by atoms with Crippen molar-refractivity contribution in [2.24, 2.45) is 0 Å². The molecule has 0 heterocycles. The van der Waals surface area contributed by atoms with E-state index in [2.05, 4.69) is 21.2 Å². The number of rotatable bonds is 3. The van der Waals surface area contributed by atoms with Gasteiger partial charge in [-0.15, -0.1) is 0 Å². The average molecular weight is 352 g/mol. The van der Waals surface area contributed by atoms with Crippen molar-refractivity contribution in [1.29, 1.82) is 0 Å². The minimum absolute atomic E-state index is 0.230. The monoisotopic (exact) mass is 351 g/mol. The number of phenolic OH excluding ortho intramolecular Hbond substituents is 2. The van der Waals surface area contributed by atoms with Crippen LogP contribution in [0.3, 0.4) is 0 Å². The van der Waals surface area contributed by atoms with Crippen LogP contribution in [0, 0.1) is 5.82 Å². The van der Waals surface area contributed by atoms with E-state index in [1.54, 1.807) is 6.07 Å². The van der Waals surface area contributed by atoms with Gasteiger partial charge in [-0.1, -0.05) is 6.07 Å². The zero-order chi connectivity index (χ0) is 15.4. The SMILES string of the molecule is O=C(/C=C/c1ccc(O)c(O)c1)Nc1ccc(F)cc1Br. The summed E-state index contributed by atoms with van der Waals surface area (Å²) in [5.74, 6) is -1.31. The zero-order valence-corrected chi connectivity index (χ0v) is 12.3. The van der Waals surface area contributed by atoms with Crippen LogP contribution in [-0.4, -0.2) is 16.1 Å². The molecule has 0 aliphatic heterocycles. The Hall–Kier alpha value is -2.34.